The second-order valence-corrected chi connectivity index (χ2v) is 4.55. The average molecular weight is 228 g/mol. The molecule has 0 saturated heterocycles. The first-order chi connectivity index (χ1) is 8.33. The highest BCUT2D eigenvalue weighted by Crippen LogP contribution is 2.22. The predicted molar refractivity (Wildman–Crippen MR) is 66.3 cm³/mol. The zero-order valence-corrected chi connectivity index (χ0v) is 9.93. The number of nitrogens with zero attached hydrogens (tertiary/aromatic N) is 3. The maximum absolute atomic E-state index is 4.49. The van der Waals surface area contributed by atoms with Crippen LogP contribution in [0.5, 0.6) is 0 Å². The lowest BCUT2D eigenvalue weighted by molar-refractivity contribution is 0.687. The molecule has 0 unspecified atom stereocenters. The van der Waals surface area contributed by atoms with Crippen LogP contribution in [0.3, 0.4) is 0 Å². The van der Waals surface area contributed by atoms with Crippen LogP contribution in [-0.4, -0.2) is 20.8 Å². The Hall–Kier alpha value is -1.68. The highest BCUT2D eigenvalue weighted by molar-refractivity contribution is 5.57. The van der Waals surface area contributed by atoms with Crippen molar-refractivity contribution in [3.05, 3.63) is 36.2 Å². The average Bonchev–Trinajstić information content (AvgIpc) is 3.11. The lowest BCUT2D eigenvalue weighted by atomic mass is 10.2. The molecule has 1 saturated carbocycles. The summed E-state index contributed by atoms with van der Waals surface area (Å²) in [6.45, 7) is 0.879. The van der Waals surface area contributed by atoms with Gasteiger partial charge < -0.3 is 5.32 Å². The van der Waals surface area contributed by atoms with E-state index in [1.54, 1.807) is 0 Å². The van der Waals surface area contributed by atoms with Gasteiger partial charge in [0.05, 0.1) is 5.69 Å². The van der Waals surface area contributed by atoms with Crippen LogP contribution >= 0.6 is 0 Å². The summed E-state index contributed by atoms with van der Waals surface area (Å²) < 4.78 is 1.86. The second kappa shape index (κ2) is 4.30. The minimum Gasteiger partial charge on any atom is -0.310 e. The van der Waals surface area contributed by atoms with E-state index in [1.807, 2.05) is 36.1 Å². The number of hydrogen-bond acceptors (Lipinski definition) is 3. The number of rotatable bonds is 4. The fourth-order valence-electron chi connectivity index (χ4n) is 1.93. The zero-order chi connectivity index (χ0) is 11.7. The Morgan fingerprint density at radius 1 is 1.41 bits per heavy atom. The lowest BCUT2D eigenvalue weighted by Crippen LogP contribution is -2.15. The van der Waals surface area contributed by atoms with Gasteiger partial charge in [-0.2, -0.15) is 5.10 Å². The fraction of sp³-hybridized carbons (Fsp3) is 0.385. The van der Waals surface area contributed by atoms with Crippen molar-refractivity contribution in [2.75, 3.05) is 0 Å². The molecular formula is C13H16N4. The minimum absolute atomic E-state index is 0.715. The first-order valence-corrected chi connectivity index (χ1v) is 6.00. The van der Waals surface area contributed by atoms with Crippen molar-refractivity contribution in [1.82, 2.24) is 20.1 Å². The van der Waals surface area contributed by atoms with Gasteiger partial charge >= 0.3 is 0 Å². The van der Waals surface area contributed by atoms with Crippen molar-refractivity contribution in [3.63, 3.8) is 0 Å². The van der Waals surface area contributed by atoms with Crippen molar-refractivity contribution in [2.45, 2.75) is 25.4 Å². The first kappa shape index (κ1) is 10.5. The van der Waals surface area contributed by atoms with Crippen LogP contribution in [0.15, 0.2) is 30.6 Å². The number of hydrogen-bond donors (Lipinski definition) is 1. The number of aromatic nitrogens is 3. The van der Waals surface area contributed by atoms with Crippen molar-refractivity contribution in [1.29, 1.82) is 0 Å². The molecule has 88 valence electrons. The Balaban J connectivity index is 1.86. The molecule has 4 nitrogen and oxygen atoms in total. The van der Waals surface area contributed by atoms with Gasteiger partial charge in [0, 0.05) is 37.6 Å². The van der Waals surface area contributed by atoms with Crippen LogP contribution in [-0.2, 0) is 13.6 Å². The molecule has 2 aromatic rings. The van der Waals surface area contributed by atoms with E-state index in [4.69, 9.17) is 0 Å². The smallest absolute Gasteiger partial charge is 0.115 e. The van der Waals surface area contributed by atoms with E-state index in [9.17, 15) is 0 Å². The van der Waals surface area contributed by atoms with E-state index in [2.05, 4.69) is 21.6 Å². The molecule has 0 aliphatic heterocycles. The van der Waals surface area contributed by atoms with E-state index >= 15 is 0 Å². The molecule has 17 heavy (non-hydrogen) atoms. The third kappa shape index (κ3) is 2.36. The van der Waals surface area contributed by atoms with Crippen LogP contribution in [0.2, 0.25) is 0 Å². The van der Waals surface area contributed by atoms with Crippen LogP contribution < -0.4 is 5.32 Å². The summed E-state index contributed by atoms with van der Waals surface area (Å²) in [4.78, 5) is 4.36. The number of aryl methyl sites for hydroxylation is 1. The van der Waals surface area contributed by atoms with Crippen LogP contribution in [0, 0.1) is 0 Å². The monoisotopic (exact) mass is 228 g/mol. The molecule has 2 aromatic heterocycles. The van der Waals surface area contributed by atoms with Crippen molar-refractivity contribution in [2.24, 2.45) is 7.05 Å². The molecule has 0 radical (unpaired) electrons. The largest absolute Gasteiger partial charge is 0.310 e. The van der Waals surface area contributed by atoms with Gasteiger partial charge in [0.15, 0.2) is 0 Å². The fourth-order valence-corrected chi connectivity index (χ4v) is 1.93. The lowest BCUT2D eigenvalue weighted by Gasteiger charge is -2.02. The normalized spacial score (nSPS) is 15.1. The SMILES string of the molecule is Cn1cc(CNC2CC2)c(-c2ccccn2)n1. The topological polar surface area (TPSA) is 42.7 Å². The Morgan fingerprint density at radius 3 is 3.00 bits per heavy atom. The summed E-state index contributed by atoms with van der Waals surface area (Å²) in [5.74, 6) is 0. The first-order valence-electron chi connectivity index (χ1n) is 6.00. The van der Waals surface area contributed by atoms with E-state index in [0.717, 1.165) is 17.9 Å². The van der Waals surface area contributed by atoms with E-state index < -0.39 is 0 Å². The zero-order valence-electron chi connectivity index (χ0n) is 9.93. The molecule has 3 rings (SSSR count). The standard InChI is InChI=1S/C13H16N4/c1-17-9-10(8-15-11-5-6-11)13(16-17)12-4-2-3-7-14-12/h2-4,7,9,11,15H,5-6,8H2,1H3. The Labute approximate surface area is 101 Å². The summed E-state index contributed by atoms with van der Waals surface area (Å²) in [5, 5.41) is 8.01. The Morgan fingerprint density at radius 2 is 2.29 bits per heavy atom. The van der Waals surface area contributed by atoms with Gasteiger partial charge in [0.2, 0.25) is 0 Å². The van der Waals surface area contributed by atoms with E-state index in [-0.39, 0.29) is 0 Å². The Bertz CT molecular complexity index is 499. The molecule has 4 heteroatoms. The van der Waals surface area contributed by atoms with Gasteiger partial charge in [-0.3, -0.25) is 9.67 Å². The van der Waals surface area contributed by atoms with Crippen LogP contribution in [0.1, 0.15) is 18.4 Å². The molecule has 0 amide bonds. The highest BCUT2D eigenvalue weighted by Gasteiger charge is 2.21. The summed E-state index contributed by atoms with van der Waals surface area (Å²) >= 11 is 0. The molecule has 0 atom stereocenters. The molecule has 1 aliphatic rings. The van der Waals surface area contributed by atoms with Gasteiger partial charge in [-0.15, -0.1) is 0 Å². The molecule has 0 spiro atoms. The van der Waals surface area contributed by atoms with Crippen molar-refractivity contribution in [3.8, 4) is 11.4 Å². The van der Waals surface area contributed by atoms with Crippen LogP contribution in [0.4, 0.5) is 0 Å². The predicted octanol–water partition coefficient (Wildman–Crippen LogP) is 1.73. The third-order valence-electron chi connectivity index (χ3n) is 2.97. The summed E-state index contributed by atoms with van der Waals surface area (Å²) in [6.07, 6.45) is 6.49. The second-order valence-electron chi connectivity index (χ2n) is 4.55. The quantitative estimate of drug-likeness (QED) is 0.866. The summed E-state index contributed by atoms with van der Waals surface area (Å²) in [6, 6.07) is 6.64. The van der Waals surface area contributed by atoms with E-state index in [0.29, 0.717) is 6.04 Å². The summed E-state index contributed by atoms with van der Waals surface area (Å²) in [7, 11) is 1.95. The van der Waals surface area contributed by atoms with Gasteiger partial charge in [-0.05, 0) is 25.0 Å². The molecule has 0 aromatic carbocycles. The maximum Gasteiger partial charge on any atom is 0.115 e. The maximum atomic E-state index is 4.49. The number of pyridine rings is 1. The number of nitrogens with one attached hydrogen (secondary N) is 1. The molecule has 1 aliphatic carbocycles. The Kier molecular flexibility index (Phi) is 2.65. The molecule has 1 fully saturated rings. The van der Waals surface area contributed by atoms with Gasteiger partial charge in [0.1, 0.15) is 5.69 Å². The van der Waals surface area contributed by atoms with Gasteiger partial charge in [-0.25, -0.2) is 0 Å². The third-order valence-corrected chi connectivity index (χ3v) is 2.97. The molecule has 2 heterocycles. The van der Waals surface area contributed by atoms with Crippen LogP contribution in [0.25, 0.3) is 11.4 Å². The minimum atomic E-state index is 0.715. The van der Waals surface area contributed by atoms with Crippen molar-refractivity contribution >= 4 is 0 Å². The highest BCUT2D eigenvalue weighted by atomic mass is 15.3. The molecule has 0 bridgehead atoms. The van der Waals surface area contributed by atoms with Crippen molar-refractivity contribution < 1.29 is 0 Å². The molecule has 1 N–H and O–H groups in total. The van der Waals surface area contributed by atoms with E-state index in [1.165, 1.54) is 18.4 Å². The molecular weight excluding hydrogens is 212 g/mol. The van der Waals surface area contributed by atoms with Gasteiger partial charge in [0.25, 0.3) is 0 Å². The summed E-state index contributed by atoms with van der Waals surface area (Å²) in [5.41, 5.74) is 3.15. The van der Waals surface area contributed by atoms with Gasteiger partial charge in [-0.1, -0.05) is 6.07 Å².